The number of nitrogens with zero attached hydrogens (tertiary/aromatic N) is 1. The van der Waals surface area contributed by atoms with Crippen LogP contribution in [-0.4, -0.2) is 35.2 Å². The SMILES string of the molecule is CC(=O)Nc1cccc(OCC#CCNC(=O)c2cc(-c3ccco3)[nH]n2)c1. The molecule has 0 atom stereocenters. The maximum atomic E-state index is 12.0. The average molecular weight is 378 g/mol. The number of aromatic amines is 1. The molecule has 3 N–H and O–H groups in total. The number of hydrogen-bond acceptors (Lipinski definition) is 5. The van der Waals surface area contributed by atoms with Crippen LogP contribution >= 0.6 is 0 Å². The molecule has 28 heavy (non-hydrogen) atoms. The molecule has 0 aliphatic heterocycles. The molecule has 0 aliphatic carbocycles. The van der Waals surface area contributed by atoms with E-state index in [2.05, 4.69) is 32.7 Å². The Balaban J connectivity index is 1.43. The lowest BCUT2D eigenvalue weighted by atomic mass is 10.3. The van der Waals surface area contributed by atoms with Crippen LogP contribution in [0, 0.1) is 11.8 Å². The van der Waals surface area contributed by atoms with E-state index in [-0.39, 0.29) is 30.7 Å². The number of carbonyl (C=O) groups is 2. The van der Waals surface area contributed by atoms with Gasteiger partial charge in [0.15, 0.2) is 11.5 Å². The first-order valence-electron chi connectivity index (χ1n) is 8.45. The predicted octanol–water partition coefficient (Wildman–Crippen LogP) is 2.44. The maximum Gasteiger partial charge on any atom is 0.272 e. The van der Waals surface area contributed by atoms with Crippen LogP contribution in [0.5, 0.6) is 5.75 Å². The second-order valence-electron chi connectivity index (χ2n) is 5.68. The lowest BCUT2D eigenvalue weighted by molar-refractivity contribution is -0.114. The standard InChI is InChI=1S/C20H18N4O4/c1-14(25)22-15-6-4-7-16(12-15)27-10-3-2-9-21-20(26)18-13-17(23-24-18)19-8-5-11-28-19/h4-8,11-13H,9-10H2,1H3,(H,21,26)(H,22,25)(H,23,24). The number of rotatable bonds is 6. The van der Waals surface area contributed by atoms with Gasteiger partial charge in [-0.05, 0) is 24.3 Å². The molecule has 2 amide bonds. The van der Waals surface area contributed by atoms with Crippen molar-refractivity contribution in [1.82, 2.24) is 15.5 Å². The highest BCUT2D eigenvalue weighted by Gasteiger charge is 2.11. The van der Waals surface area contributed by atoms with Gasteiger partial charge in [-0.1, -0.05) is 17.9 Å². The van der Waals surface area contributed by atoms with Crippen molar-refractivity contribution >= 4 is 17.5 Å². The van der Waals surface area contributed by atoms with Crippen LogP contribution in [0.4, 0.5) is 5.69 Å². The van der Waals surface area contributed by atoms with Crippen molar-refractivity contribution in [2.24, 2.45) is 0 Å². The summed E-state index contributed by atoms with van der Waals surface area (Å²) in [5, 5.41) is 12.0. The van der Waals surface area contributed by atoms with Gasteiger partial charge in [0.2, 0.25) is 5.91 Å². The summed E-state index contributed by atoms with van der Waals surface area (Å²) in [6.07, 6.45) is 1.55. The second kappa shape index (κ2) is 9.09. The molecule has 0 spiro atoms. The van der Waals surface area contributed by atoms with Crippen molar-refractivity contribution in [2.45, 2.75) is 6.92 Å². The van der Waals surface area contributed by atoms with Gasteiger partial charge >= 0.3 is 0 Å². The van der Waals surface area contributed by atoms with Crippen LogP contribution in [0.1, 0.15) is 17.4 Å². The van der Waals surface area contributed by atoms with Crippen LogP contribution < -0.4 is 15.4 Å². The number of hydrogen-bond donors (Lipinski definition) is 3. The third-order valence-corrected chi connectivity index (χ3v) is 3.52. The molecule has 3 rings (SSSR count). The minimum atomic E-state index is -0.340. The van der Waals surface area contributed by atoms with E-state index >= 15 is 0 Å². The zero-order valence-electron chi connectivity index (χ0n) is 15.1. The van der Waals surface area contributed by atoms with Gasteiger partial charge in [-0.25, -0.2) is 0 Å². The normalized spacial score (nSPS) is 9.89. The maximum absolute atomic E-state index is 12.0. The lowest BCUT2D eigenvalue weighted by Crippen LogP contribution is -2.24. The fraction of sp³-hybridized carbons (Fsp3) is 0.150. The molecule has 8 nitrogen and oxygen atoms in total. The number of amides is 2. The molecule has 0 aliphatic rings. The van der Waals surface area contributed by atoms with Crippen LogP contribution in [0.3, 0.4) is 0 Å². The van der Waals surface area contributed by atoms with E-state index in [1.165, 1.54) is 6.92 Å². The van der Waals surface area contributed by atoms with E-state index in [0.29, 0.717) is 22.9 Å². The van der Waals surface area contributed by atoms with Gasteiger partial charge in [-0.3, -0.25) is 14.7 Å². The number of H-pyrrole nitrogens is 1. The summed E-state index contributed by atoms with van der Waals surface area (Å²) in [5.41, 5.74) is 1.52. The van der Waals surface area contributed by atoms with E-state index in [1.54, 1.807) is 48.7 Å². The summed E-state index contributed by atoms with van der Waals surface area (Å²) in [5.74, 6) is 6.32. The smallest absolute Gasteiger partial charge is 0.272 e. The minimum Gasteiger partial charge on any atom is -0.481 e. The Morgan fingerprint density at radius 2 is 2.11 bits per heavy atom. The van der Waals surface area contributed by atoms with Crippen LogP contribution in [0.25, 0.3) is 11.5 Å². The Kier molecular flexibility index (Phi) is 6.10. The Morgan fingerprint density at radius 1 is 1.21 bits per heavy atom. The van der Waals surface area contributed by atoms with Crippen LogP contribution in [0.15, 0.2) is 53.1 Å². The quantitative estimate of drug-likeness (QED) is 0.571. The van der Waals surface area contributed by atoms with Crippen molar-refractivity contribution in [3.63, 3.8) is 0 Å². The van der Waals surface area contributed by atoms with Gasteiger partial charge in [-0.2, -0.15) is 5.10 Å². The van der Waals surface area contributed by atoms with E-state index < -0.39 is 0 Å². The van der Waals surface area contributed by atoms with E-state index in [4.69, 9.17) is 9.15 Å². The number of anilines is 1. The molecule has 0 saturated carbocycles. The summed E-state index contributed by atoms with van der Waals surface area (Å²) in [7, 11) is 0. The first-order chi connectivity index (χ1) is 13.6. The van der Waals surface area contributed by atoms with Gasteiger partial charge < -0.3 is 19.8 Å². The molecule has 0 fully saturated rings. The van der Waals surface area contributed by atoms with E-state index in [9.17, 15) is 9.59 Å². The zero-order chi connectivity index (χ0) is 19.8. The van der Waals surface area contributed by atoms with Crippen molar-refractivity contribution < 1.29 is 18.7 Å². The highest BCUT2D eigenvalue weighted by molar-refractivity contribution is 5.93. The molecule has 0 saturated heterocycles. The molecule has 0 radical (unpaired) electrons. The molecule has 2 aromatic heterocycles. The van der Waals surface area contributed by atoms with Crippen molar-refractivity contribution in [1.29, 1.82) is 0 Å². The number of carbonyl (C=O) groups excluding carboxylic acids is 2. The van der Waals surface area contributed by atoms with Gasteiger partial charge in [-0.15, -0.1) is 0 Å². The summed E-state index contributed by atoms with van der Waals surface area (Å²) < 4.78 is 10.7. The molecule has 3 aromatic rings. The molecule has 0 unspecified atom stereocenters. The number of nitrogens with one attached hydrogen (secondary N) is 3. The summed E-state index contributed by atoms with van der Waals surface area (Å²) >= 11 is 0. The number of furan rings is 1. The fourth-order valence-electron chi connectivity index (χ4n) is 2.31. The van der Waals surface area contributed by atoms with E-state index in [1.807, 2.05) is 0 Å². The first kappa shape index (κ1) is 18.8. The topological polar surface area (TPSA) is 109 Å². The highest BCUT2D eigenvalue weighted by Crippen LogP contribution is 2.18. The highest BCUT2D eigenvalue weighted by atomic mass is 16.5. The largest absolute Gasteiger partial charge is 0.481 e. The van der Waals surface area contributed by atoms with Gasteiger partial charge in [0.05, 0.1) is 12.8 Å². The molecule has 1 aromatic carbocycles. The molecular weight excluding hydrogens is 360 g/mol. The summed E-state index contributed by atoms with van der Waals surface area (Å²) in [6, 6.07) is 12.1. The number of aromatic nitrogens is 2. The molecule has 142 valence electrons. The molecule has 2 heterocycles. The average Bonchev–Trinajstić information content (AvgIpc) is 3.35. The van der Waals surface area contributed by atoms with Gasteiger partial charge in [0.1, 0.15) is 18.1 Å². The summed E-state index contributed by atoms with van der Waals surface area (Å²) in [6.45, 7) is 1.76. The summed E-state index contributed by atoms with van der Waals surface area (Å²) in [4.78, 5) is 23.1. The van der Waals surface area contributed by atoms with Crippen LogP contribution in [0.2, 0.25) is 0 Å². The third-order valence-electron chi connectivity index (χ3n) is 3.52. The Morgan fingerprint density at radius 3 is 2.89 bits per heavy atom. The Labute approximate surface area is 161 Å². The zero-order valence-corrected chi connectivity index (χ0v) is 15.1. The third kappa shape index (κ3) is 5.25. The van der Waals surface area contributed by atoms with Crippen LogP contribution in [-0.2, 0) is 4.79 Å². The fourth-order valence-corrected chi connectivity index (χ4v) is 2.31. The first-order valence-corrected chi connectivity index (χ1v) is 8.45. The minimum absolute atomic E-state index is 0.152. The molecule has 0 bridgehead atoms. The predicted molar refractivity (Wildman–Crippen MR) is 103 cm³/mol. The second-order valence-corrected chi connectivity index (χ2v) is 5.68. The van der Waals surface area contributed by atoms with Gasteiger partial charge in [0.25, 0.3) is 5.91 Å². The Bertz CT molecular complexity index is 1010. The molecule has 8 heteroatoms. The number of ether oxygens (including phenoxy) is 1. The van der Waals surface area contributed by atoms with E-state index in [0.717, 1.165) is 0 Å². The number of benzene rings is 1. The van der Waals surface area contributed by atoms with Crippen molar-refractivity contribution in [3.05, 3.63) is 54.4 Å². The molecular formula is C20H18N4O4. The Hall–Kier alpha value is -3.99. The van der Waals surface area contributed by atoms with Crippen molar-refractivity contribution in [3.8, 4) is 29.0 Å². The lowest BCUT2D eigenvalue weighted by Gasteiger charge is -2.05. The van der Waals surface area contributed by atoms with Crippen molar-refractivity contribution in [2.75, 3.05) is 18.5 Å². The van der Waals surface area contributed by atoms with Gasteiger partial charge in [0, 0.05) is 24.7 Å². The monoisotopic (exact) mass is 378 g/mol.